The van der Waals surface area contributed by atoms with Crippen LogP contribution in [0.2, 0.25) is 0 Å². The van der Waals surface area contributed by atoms with Gasteiger partial charge in [0.05, 0.1) is 66.9 Å². The van der Waals surface area contributed by atoms with E-state index in [0.717, 1.165) is 133 Å². The molecule has 0 aliphatic rings. The van der Waals surface area contributed by atoms with Gasteiger partial charge in [0.15, 0.2) is 0 Å². The first kappa shape index (κ1) is 80.8. The summed E-state index contributed by atoms with van der Waals surface area (Å²) in [4.78, 5) is 23.8. The molecule has 111 heavy (non-hydrogen) atoms. The molecule has 10 aromatic carbocycles. The zero-order valence-electron chi connectivity index (χ0n) is 66.1. The van der Waals surface area contributed by atoms with Gasteiger partial charge < -0.3 is 0 Å². The van der Waals surface area contributed by atoms with Gasteiger partial charge in [-0.15, -0.1) is 0 Å². The lowest BCUT2D eigenvalue weighted by molar-refractivity contribution is -0.211. The molecule has 566 valence electrons. The van der Waals surface area contributed by atoms with E-state index >= 15 is 0 Å². The van der Waals surface area contributed by atoms with Crippen LogP contribution in [0.3, 0.4) is 0 Å². The molecule has 0 N–H and O–H groups in total. The highest BCUT2D eigenvalue weighted by molar-refractivity contribution is 5.89. The second kappa shape index (κ2) is 35.7. The van der Waals surface area contributed by atoms with Gasteiger partial charge in [-0.3, -0.25) is 0 Å². The second-order valence-corrected chi connectivity index (χ2v) is 30.7. The van der Waals surface area contributed by atoms with E-state index in [1.54, 1.807) is 24.3 Å². The standard InChI is InChI=1S/C22H22F3N.C21H20F3N.C20H21N.C19H19N.C18H17N/c1-14-9-15(2)11-18(10-14)19-8-7-17-6-5-16(12-20(17)26-19)13-21(3,4)22(23,24)25;1-14-5-4-6-17(11-14)18-10-9-16-8-7-15(12-19(16)25-18)13-20(2,3)21(22,23)24;1-4-7-16-13-20(17-11-14(2)10-15(3)12-17)21-19-9-6-5-8-18(16)19;1-3-7-15-13-19(16-9-6-8-14(2)12-16)20-18-11-5-4-10-17(15)18;1-2-8-15-13-18(14-9-4-3-5-10-14)19-17-12-7-6-11-16(15)17/h5-12H,13H2,1-4H3;4-12H,13H2,1-3H3;5-6,8-13H,4,7H2,1-3H3;4-6,8-13H,3,7H2,1-2H3;3-7,9-13H,2,8H2,1H3. The quantitative estimate of drug-likeness (QED) is 0.0957. The van der Waals surface area contributed by atoms with E-state index in [9.17, 15) is 26.3 Å². The Kier molecular flexibility index (Phi) is 26.0. The monoisotopic (exact) mass is 1480 g/mol. The third-order valence-electron chi connectivity index (χ3n) is 20.0. The van der Waals surface area contributed by atoms with Crippen LogP contribution >= 0.6 is 0 Å². The van der Waals surface area contributed by atoms with Crippen molar-refractivity contribution >= 4 is 54.5 Å². The maximum absolute atomic E-state index is 13.2. The van der Waals surface area contributed by atoms with Crippen LogP contribution in [0, 0.1) is 52.4 Å². The first-order chi connectivity index (χ1) is 53.0. The highest BCUT2D eigenvalue weighted by atomic mass is 19.4. The number of alkyl halides is 6. The van der Waals surface area contributed by atoms with Gasteiger partial charge in [-0.05, 0) is 199 Å². The van der Waals surface area contributed by atoms with Crippen molar-refractivity contribution in [3.05, 3.63) is 328 Å². The molecular weight excluding hydrogens is 1390 g/mol. The van der Waals surface area contributed by atoms with Crippen LogP contribution in [-0.2, 0) is 32.1 Å². The van der Waals surface area contributed by atoms with Crippen LogP contribution < -0.4 is 0 Å². The molecule has 15 rings (SSSR count). The summed E-state index contributed by atoms with van der Waals surface area (Å²) in [6.45, 7) is 24.1. The third-order valence-corrected chi connectivity index (χ3v) is 20.0. The van der Waals surface area contributed by atoms with Crippen molar-refractivity contribution in [3.8, 4) is 56.3 Å². The van der Waals surface area contributed by atoms with Crippen molar-refractivity contribution in [2.75, 3.05) is 0 Å². The molecule has 0 saturated carbocycles. The number of nitrogens with zero attached hydrogens (tertiary/aromatic N) is 5. The Bertz CT molecular complexity index is 5680. The lowest BCUT2D eigenvalue weighted by Gasteiger charge is -2.27. The van der Waals surface area contributed by atoms with E-state index in [1.165, 1.54) is 93.9 Å². The molecule has 0 spiro atoms. The maximum Gasteiger partial charge on any atom is 0.394 e. The van der Waals surface area contributed by atoms with Crippen molar-refractivity contribution in [1.82, 2.24) is 24.9 Å². The Morgan fingerprint density at radius 2 is 0.550 bits per heavy atom. The Hall–Kier alpha value is -11.2. The van der Waals surface area contributed by atoms with E-state index < -0.39 is 23.2 Å². The summed E-state index contributed by atoms with van der Waals surface area (Å²) in [5, 5.41) is 5.69. The molecule has 5 heterocycles. The minimum absolute atomic E-state index is 0.0667. The van der Waals surface area contributed by atoms with E-state index in [2.05, 4.69) is 222 Å². The average Bonchev–Trinajstić information content (AvgIpc) is 0.803. The number of para-hydroxylation sites is 3. The van der Waals surface area contributed by atoms with Gasteiger partial charge in [0.2, 0.25) is 0 Å². The zero-order valence-corrected chi connectivity index (χ0v) is 66.1. The molecule has 0 aliphatic heterocycles. The number of aryl methyl sites for hydroxylation is 9. The minimum Gasteiger partial charge on any atom is -0.248 e. The molecule has 5 nitrogen and oxygen atoms in total. The number of hydrogen-bond donors (Lipinski definition) is 0. The van der Waals surface area contributed by atoms with Gasteiger partial charge in [0.1, 0.15) is 0 Å². The number of aromatic nitrogens is 5. The molecule has 0 saturated heterocycles. The highest BCUT2D eigenvalue weighted by Gasteiger charge is 2.48. The molecule has 15 aromatic rings. The Balaban J connectivity index is 0.000000138. The molecule has 0 fully saturated rings. The summed E-state index contributed by atoms with van der Waals surface area (Å²) in [7, 11) is 0. The van der Waals surface area contributed by atoms with Crippen LogP contribution in [-0.4, -0.2) is 37.3 Å². The van der Waals surface area contributed by atoms with Crippen LogP contribution in [0.25, 0.3) is 111 Å². The highest BCUT2D eigenvalue weighted by Crippen LogP contribution is 2.42. The van der Waals surface area contributed by atoms with Crippen LogP contribution in [0.15, 0.2) is 267 Å². The number of benzene rings is 10. The lowest BCUT2D eigenvalue weighted by atomic mass is 9.85. The molecule has 11 heteroatoms. The molecule has 0 amide bonds. The summed E-state index contributed by atoms with van der Waals surface area (Å²) in [6, 6.07) is 90.5. The van der Waals surface area contributed by atoms with E-state index in [1.807, 2.05) is 87.5 Å². The summed E-state index contributed by atoms with van der Waals surface area (Å²) in [5.41, 5.74) is 24.5. The zero-order chi connectivity index (χ0) is 79.2. The Morgan fingerprint density at radius 1 is 0.252 bits per heavy atom. The summed E-state index contributed by atoms with van der Waals surface area (Å²) < 4.78 is 79.0. The van der Waals surface area contributed by atoms with Crippen molar-refractivity contribution in [2.24, 2.45) is 10.8 Å². The maximum atomic E-state index is 13.2. The van der Waals surface area contributed by atoms with Gasteiger partial charge in [-0.1, -0.05) is 271 Å². The van der Waals surface area contributed by atoms with Crippen LogP contribution in [0.1, 0.15) is 129 Å². The molecule has 0 radical (unpaired) electrons. The average molecular weight is 1480 g/mol. The predicted molar refractivity (Wildman–Crippen MR) is 453 cm³/mol. The number of rotatable bonds is 15. The number of pyridine rings is 5. The van der Waals surface area contributed by atoms with E-state index in [4.69, 9.17) is 19.9 Å². The van der Waals surface area contributed by atoms with Crippen LogP contribution in [0.4, 0.5) is 26.3 Å². The molecular formula is C100H99F6N5. The van der Waals surface area contributed by atoms with Crippen LogP contribution in [0.5, 0.6) is 0 Å². The first-order valence-electron chi connectivity index (χ1n) is 38.5. The summed E-state index contributed by atoms with van der Waals surface area (Å²) in [6.07, 6.45) is -1.85. The fourth-order valence-corrected chi connectivity index (χ4v) is 14.2. The molecule has 0 bridgehead atoms. The largest absolute Gasteiger partial charge is 0.394 e. The second-order valence-electron chi connectivity index (χ2n) is 30.7. The van der Waals surface area contributed by atoms with Gasteiger partial charge in [0, 0.05) is 54.7 Å². The summed E-state index contributed by atoms with van der Waals surface area (Å²) >= 11 is 0. The SMILES string of the molecule is CCCc1cc(-c2cc(C)cc(C)c2)nc2ccccc12.CCCc1cc(-c2cccc(C)c2)nc2ccccc12.CCCc1cc(-c2ccccc2)nc2ccccc12.Cc1cc(C)cc(-c2ccc3ccc(CC(C)(C)C(F)(F)F)cc3n2)c1.Cc1cccc(-c2ccc3ccc(CC(C)(C)C(F)(F)F)cc3n2)c1. The normalized spacial score (nSPS) is 11.7. The third kappa shape index (κ3) is 20.8. The van der Waals surface area contributed by atoms with Crippen molar-refractivity contribution in [3.63, 3.8) is 0 Å². The van der Waals surface area contributed by atoms with Gasteiger partial charge >= 0.3 is 12.4 Å². The number of halogens is 6. The van der Waals surface area contributed by atoms with Gasteiger partial charge in [-0.25, -0.2) is 24.9 Å². The van der Waals surface area contributed by atoms with Crippen molar-refractivity contribution < 1.29 is 26.3 Å². The smallest absolute Gasteiger partial charge is 0.248 e. The summed E-state index contributed by atoms with van der Waals surface area (Å²) in [5.74, 6) is 0. The minimum atomic E-state index is -4.24. The first-order valence-corrected chi connectivity index (χ1v) is 38.5. The fourth-order valence-electron chi connectivity index (χ4n) is 14.2. The Labute approximate surface area is 651 Å². The van der Waals surface area contributed by atoms with Crippen molar-refractivity contribution in [1.29, 1.82) is 0 Å². The topological polar surface area (TPSA) is 64.5 Å². The number of hydrogen-bond acceptors (Lipinski definition) is 5. The number of fused-ring (bicyclic) bond motifs is 5. The van der Waals surface area contributed by atoms with Crippen molar-refractivity contribution in [2.45, 2.75) is 154 Å². The van der Waals surface area contributed by atoms with E-state index in [-0.39, 0.29) is 12.8 Å². The molecule has 0 unspecified atom stereocenters. The molecule has 5 aromatic heterocycles. The molecule has 0 aliphatic carbocycles. The molecule has 0 atom stereocenters. The fraction of sp³-hybridized carbons (Fsp3) is 0.250. The van der Waals surface area contributed by atoms with Gasteiger partial charge in [0.25, 0.3) is 0 Å². The Morgan fingerprint density at radius 3 is 0.919 bits per heavy atom. The predicted octanol–water partition coefficient (Wildman–Crippen LogP) is 28.5. The van der Waals surface area contributed by atoms with Gasteiger partial charge in [-0.2, -0.15) is 26.3 Å². The van der Waals surface area contributed by atoms with E-state index in [0.29, 0.717) is 11.1 Å². The lowest BCUT2D eigenvalue weighted by Crippen LogP contribution is -2.34.